The Hall–Kier alpha value is -1.77. The van der Waals surface area contributed by atoms with Gasteiger partial charge in [0.15, 0.2) is 0 Å². The maximum atomic E-state index is 11.6. The Kier molecular flexibility index (Phi) is 7.00. The molecule has 1 fully saturated rings. The number of thioether (sulfide) groups is 1. The number of nitrogens with one attached hydrogen (secondary N) is 2. The summed E-state index contributed by atoms with van der Waals surface area (Å²) in [5, 5.41) is 5.29. The van der Waals surface area contributed by atoms with E-state index in [4.69, 9.17) is 0 Å². The second kappa shape index (κ2) is 8.50. The van der Waals surface area contributed by atoms with Gasteiger partial charge in [-0.3, -0.25) is 19.3 Å². The van der Waals surface area contributed by atoms with Crippen LogP contribution in [0.2, 0.25) is 0 Å². The van der Waals surface area contributed by atoms with Crippen molar-refractivity contribution in [2.75, 3.05) is 44.7 Å². The lowest BCUT2D eigenvalue weighted by Gasteiger charge is -2.14. The minimum atomic E-state index is -0.347. The molecule has 1 aliphatic rings. The molecule has 1 rings (SSSR count). The van der Waals surface area contributed by atoms with E-state index < -0.39 is 0 Å². The number of rotatable bonds is 8. The first-order valence-electron chi connectivity index (χ1n) is 6.62. The van der Waals surface area contributed by atoms with Crippen LogP contribution in [0.1, 0.15) is 6.92 Å². The lowest BCUT2D eigenvalue weighted by molar-refractivity contribution is -0.124. The van der Waals surface area contributed by atoms with Gasteiger partial charge in [0, 0.05) is 26.7 Å². The summed E-state index contributed by atoms with van der Waals surface area (Å²) in [6, 6.07) is -0.347. The molecule has 0 aromatic rings. The summed E-state index contributed by atoms with van der Waals surface area (Å²) < 4.78 is 0. The van der Waals surface area contributed by atoms with Crippen LogP contribution in [0.3, 0.4) is 0 Å². The largest absolute Gasteiger partial charge is 0.356 e. The summed E-state index contributed by atoms with van der Waals surface area (Å²) in [7, 11) is 1.43. The second-order valence-electron chi connectivity index (χ2n) is 4.45. The van der Waals surface area contributed by atoms with Crippen LogP contribution >= 0.6 is 11.8 Å². The molecule has 0 atom stereocenters. The summed E-state index contributed by atoms with van der Waals surface area (Å²) in [6.45, 7) is 3.03. The van der Waals surface area contributed by atoms with Crippen LogP contribution in [0.4, 0.5) is 4.79 Å². The van der Waals surface area contributed by atoms with Gasteiger partial charge in [-0.25, -0.2) is 4.79 Å². The number of hydrogen-bond acceptors (Lipinski definition) is 5. The number of hydrogen-bond donors (Lipinski definition) is 2. The molecule has 5 amide bonds. The van der Waals surface area contributed by atoms with E-state index >= 15 is 0 Å². The highest BCUT2D eigenvalue weighted by molar-refractivity contribution is 8.00. The van der Waals surface area contributed by atoms with Crippen LogP contribution < -0.4 is 10.6 Å². The average Bonchev–Trinajstić information content (AvgIpc) is 2.67. The highest BCUT2D eigenvalue weighted by Gasteiger charge is 2.32. The van der Waals surface area contributed by atoms with Crippen molar-refractivity contribution in [3.8, 4) is 0 Å². The third-order valence-electron chi connectivity index (χ3n) is 2.80. The van der Waals surface area contributed by atoms with Crippen molar-refractivity contribution in [2.45, 2.75) is 6.92 Å². The fraction of sp³-hybridized carbons (Fsp3) is 0.667. The van der Waals surface area contributed by atoms with Crippen molar-refractivity contribution in [1.82, 2.24) is 20.4 Å². The molecule has 9 heteroatoms. The lowest BCUT2D eigenvalue weighted by atomic mass is 10.5. The molecule has 0 bridgehead atoms. The number of imide groups is 1. The molecule has 8 nitrogen and oxygen atoms in total. The normalized spacial score (nSPS) is 14.6. The van der Waals surface area contributed by atoms with Gasteiger partial charge in [-0.2, -0.15) is 0 Å². The zero-order chi connectivity index (χ0) is 15.8. The van der Waals surface area contributed by atoms with Gasteiger partial charge in [0.25, 0.3) is 0 Å². The topological polar surface area (TPSA) is 98.8 Å². The fourth-order valence-electron chi connectivity index (χ4n) is 1.70. The molecule has 0 aliphatic carbocycles. The minimum Gasteiger partial charge on any atom is -0.356 e. The Labute approximate surface area is 127 Å². The Bertz CT molecular complexity index is 429. The van der Waals surface area contributed by atoms with Crippen molar-refractivity contribution in [3.05, 3.63) is 0 Å². The number of nitrogens with zero attached hydrogens (tertiary/aromatic N) is 2. The molecular formula is C12H20N4O4S. The van der Waals surface area contributed by atoms with Crippen LogP contribution in [-0.2, 0) is 14.4 Å². The van der Waals surface area contributed by atoms with Crippen LogP contribution in [0.15, 0.2) is 0 Å². The summed E-state index contributed by atoms with van der Waals surface area (Å²) in [5.41, 5.74) is 0. The first-order chi connectivity index (χ1) is 9.95. The van der Waals surface area contributed by atoms with E-state index in [-0.39, 0.29) is 48.3 Å². The number of likely N-dealkylation sites (N-methyl/N-ethyl adjacent to an activating group) is 1. The number of carbonyl (C=O) groups is 4. The number of urea groups is 1. The maximum Gasteiger partial charge on any atom is 0.327 e. The molecule has 0 radical (unpaired) electrons. The van der Waals surface area contributed by atoms with E-state index in [1.165, 1.54) is 23.7 Å². The lowest BCUT2D eigenvalue weighted by Crippen LogP contribution is -2.37. The average molecular weight is 316 g/mol. The zero-order valence-electron chi connectivity index (χ0n) is 12.2. The van der Waals surface area contributed by atoms with Gasteiger partial charge in [-0.05, 0) is 6.92 Å². The molecule has 0 unspecified atom stereocenters. The monoisotopic (exact) mass is 316 g/mol. The Morgan fingerprint density at radius 2 is 1.81 bits per heavy atom. The third kappa shape index (κ3) is 5.62. The predicted molar refractivity (Wildman–Crippen MR) is 78.8 cm³/mol. The zero-order valence-corrected chi connectivity index (χ0v) is 13.0. The summed E-state index contributed by atoms with van der Waals surface area (Å²) >= 11 is 1.23. The molecule has 0 spiro atoms. The van der Waals surface area contributed by atoms with E-state index in [0.29, 0.717) is 13.1 Å². The predicted octanol–water partition coefficient (Wildman–Crippen LogP) is -1.13. The molecular weight excluding hydrogens is 296 g/mol. The van der Waals surface area contributed by atoms with E-state index in [9.17, 15) is 19.2 Å². The van der Waals surface area contributed by atoms with Crippen molar-refractivity contribution in [3.63, 3.8) is 0 Å². The van der Waals surface area contributed by atoms with Gasteiger partial charge < -0.3 is 15.5 Å². The van der Waals surface area contributed by atoms with Gasteiger partial charge in [0.1, 0.15) is 6.54 Å². The van der Waals surface area contributed by atoms with Gasteiger partial charge in [-0.15, -0.1) is 11.8 Å². The van der Waals surface area contributed by atoms with Gasteiger partial charge in [0.2, 0.25) is 17.7 Å². The molecule has 2 N–H and O–H groups in total. The van der Waals surface area contributed by atoms with Gasteiger partial charge in [0.05, 0.1) is 11.5 Å². The molecule has 1 heterocycles. The molecule has 1 saturated heterocycles. The van der Waals surface area contributed by atoms with Crippen LogP contribution in [0.25, 0.3) is 0 Å². The standard InChI is InChI=1S/C12H20N4O4S/c1-3-13-9(17)7-21-8-10(18)14-4-5-16-6-11(19)15(2)12(16)20/h3-8H2,1-2H3,(H,13,17)(H,14,18). The highest BCUT2D eigenvalue weighted by atomic mass is 32.2. The maximum absolute atomic E-state index is 11.6. The molecule has 0 aromatic heterocycles. The Morgan fingerprint density at radius 1 is 1.19 bits per heavy atom. The summed E-state index contributed by atoms with van der Waals surface area (Å²) in [5.74, 6) is -0.117. The molecule has 0 aromatic carbocycles. The van der Waals surface area contributed by atoms with Crippen molar-refractivity contribution in [2.24, 2.45) is 0 Å². The Balaban J connectivity index is 2.13. The summed E-state index contributed by atoms with van der Waals surface area (Å²) in [4.78, 5) is 48.0. The molecule has 0 saturated carbocycles. The van der Waals surface area contributed by atoms with E-state index in [1.54, 1.807) is 0 Å². The first kappa shape index (κ1) is 17.3. The first-order valence-corrected chi connectivity index (χ1v) is 7.77. The quantitative estimate of drug-likeness (QED) is 0.552. The van der Waals surface area contributed by atoms with E-state index in [0.717, 1.165) is 4.90 Å². The van der Waals surface area contributed by atoms with Gasteiger partial charge >= 0.3 is 6.03 Å². The van der Waals surface area contributed by atoms with E-state index in [1.807, 2.05) is 6.92 Å². The molecule has 21 heavy (non-hydrogen) atoms. The smallest absolute Gasteiger partial charge is 0.327 e. The fourth-order valence-corrected chi connectivity index (χ4v) is 2.37. The minimum absolute atomic E-state index is 0.0527. The van der Waals surface area contributed by atoms with E-state index in [2.05, 4.69) is 10.6 Å². The summed E-state index contributed by atoms with van der Waals surface area (Å²) in [6.07, 6.45) is 0. The van der Waals surface area contributed by atoms with Crippen LogP contribution in [0, 0.1) is 0 Å². The van der Waals surface area contributed by atoms with Crippen molar-refractivity contribution >= 4 is 35.5 Å². The highest BCUT2D eigenvalue weighted by Crippen LogP contribution is 2.06. The van der Waals surface area contributed by atoms with Crippen molar-refractivity contribution < 1.29 is 19.2 Å². The van der Waals surface area contributed by atoms with Crippen LogP contribution in [0.5, 0.6) is 0 Å². The third-order valence-corrected chi connectivity index (χ3v) is 3.73. The van der Waals surface area contributed by atoms with Crippen LogP contribution in [-0.4, -0.2) is 78.3 Å². The molecule has 1 aliphatic heterocycles. The SMILES string of the molecule is CCNC(=O)CSCC(=O)NCCN1CC(=O)N(C)C1=O. The molecule has 118 valence electrons. The number of carbonyl (C=O) groups excluding carboxylic acids is 4. The van der Waals surface area contributed by atoms with Gasteiger partial charge in [-0.1, -0.05) is 0 Å². The van der Waals surface area contributed by atoms with Crippen molar-refractivity contribution in [1.29, 1.82) is 0 Å². The Morgan fingerprint density at radius 3 is 2.33 bits per heavy atom. The number of amides is 5. The second-order valence-corrected chi connectivity index (χ2v) is 5.44.